The maximum absolute atomic E-state index is 14.6. The Morgan fingerprint density at radius 1 is 1.32 bits per heavy atom. The van der Waals surface area contributed by atoms with E-state index in [4.69, 9.17) is 0 Å². The van der Waals surface area contributed by atoms with Crippen molar-refractivity contribution in [3.63, 3.8) is 0 Å². The summed E-state index contributed by atoms with van der Waals surface area (Å²) in [5.74, 6) is -1.61. The maximum atomic E-state index is 14.6. The van der Waals surface area contributed by atoms with Gasteiger partial charge in [0.15, 0.2) is 5.82 Å². The number of nitrogens with one attached hydrogen (secondary N) is 2. The molecule has 2 aliphatic heterocycles. The van der Waals surface area contributed by atoms with E-state index in [1.165, 1.54) is 6.07 Å². The normalized spacial score (nSPS) is 18.6. The zero-order chi connectivity index (χ0) is 17.8. The van der Waals surface area contributed by atoms with Gasteiger partial charge in [0.2, 0.25) is 0 Å². The molecule has 1 saturated heterocycles. The van der Waals surface area contributed by atoms with Crippen molar-refractivity contribution in [1.82, 2.24) is 14.5 Å². The topological polar surface area (TPSA) is 117 Å². The first kappa shape index (κ1) is 15.7. The fourth-order valence-corrected chi connectivity index (χ4v) is 4.19. The number of hydrogen-bond acceptors (Lipinski definition) is 6. The monoisotopic (exact) mass is 367 g/mol. The lowest BCUT2D eigenvalue weighted by Gasteiger charge is -2.19. The van der Waals surface area contributed by atoms with Crippen LogP contribution in [-0.4, -0.2) is 42.3 Å². The van der Waals surface area contributed by atoms with E-state index in [1.807, 2.05) is 0 Å². The number of fused-ring (bicyclic) bond motifs is 1. The van der Waals surface area contributed by atoms with Crippen molar-refractivity contribution >= 4 is 27.6 Å². The van der Waals surface area contributed by atoms with Gasteiger partial charge in [-0.2, -0.15) is 13.5 Å². The first-order valence-electron chi connectivity index (χ1n) is 7.53. The third kappa shape index (κ3) is 2.47. The number of aromatic hydroxyl groups is 1. The molecule has 1 amide bonds. The van der Waals surface area contributed by atoms with Crippen LogP contribution >= 0.6 is 0 Å². The highest BCUT2D eigenvalue weighted by Gasteiger charge is 2.37. The van der Waals surface area contributed by atoms with E-state index in [9.17, 15) is 22.7 Å². The number of aryl methyl sites for hydroxylation is 1. The predicted molar refractivity (Wildman–Crippen MR) is 86.8 cm³/mol. The average molecular weight is 367 g/mol. The standard InChI is InChI=1S/C14H14FN5O4S/c15-10-4-8(9-6-17-19-3-1-2-16-14(9)19)5-11(21)13(10)20-7-12(22)18-25(20,23)24/h4-6,16,21H,1-3,7H2,(H,18,22). The van der Waals surface area contributed by atoms with E-state index in [-0.39, 0.29) is 0 Å². The number of halogens is 1. The van der Waals surface area contributed by atoms with Crippen molar-refractivity contribution in [3.8, 4) is 16.9 Å². The van der Waals surface area contributed by atoms with Gasteiger partial charge in [0.1, 0.15) is 23.8 Å². The molecular formula is C14H14FN5O4S. The lowest BCUT2D eigenvalue weighted by Crippen LogP contribution is -2.30. The molecule has 132 valence electrons. The Morgan fingerprint density at radius 3 is 2.80 bits per heavy atom. The second-order valence-electron chi connectivity index (χ2n) is 5.77. The van der Waals surface area contributed by atoms with Crippen LogP contribution in [0.3, 0.4) is 0 Å². The minimum Gasteiger partial charge on any atom is -0.506 e. The maximum Gasteiger partial charge on any atom is 0.326 e. The highest BCUT2D eigenvalue weighted by molar-refractivity contribution is 7.92. The molecule has 0 aliphatic carbocycles. The summed E-state index contributed by atoms with van der Waals surface area (Å²) in [6.07, 6.45) is 2.47. The van der Waals surface area contributed by atoms with Gasteiger partial charge in [0, 0.05) is 18.7 Å². The van der Waals surface area contributed by atoms with E-state index in [1.54, 1.807) is 15.6 Å². The number of amides is 1. The Hall–Kier alpha value is -2.82. The third-order valence-corrected chi connectivity index (χ3v) is 5.48. The van der Waals surface area contributed by atoms with Gasteiger partial charge >= 0.3 is 10.2 Å². The van der Waals surface area contributed by atoms with E-state index in [0.29, 0.717) is 21.2 Å². The number of aromatic nitrogens is 2. The van der Waals surface area contributed by atoms with Gasteiger partial charge in [0.25, 0.3) is 5.91 Å². The zero-order valence-electron chi connectivity index (χ0n) is 12.9. The number of hydrogen-bond donors (Lipinski definition) is 3. The summed E-state index contributed by atoms with van der Waals surface area (Å²) in [5.41, 5.74) is 0.389. The molecule has 0 radical (unpaired) electrons. The minimum atomic E-state index is -4.21. The van der Waals surface area contributed by atoms with Gasteiger partial charge in [-0.15, -0.1) is 0 Å². The zero-order valence-corrected chi connectivity index (χ0v) is 13.7. The third-order valence-electron chi connectivity index (χ3n) is 4.10. The van der Waals surface area contributed by atoms with Crippen molar-refractivity contribution in [1.29, 1.82) is 0 Å². The minimum absolute atomic E-state index is 0.352. The summed E-state index contributed by atoms with van der Waals surface area (Å²) < 4.78 is 42.3. The molecule has 3 heterocycles. The molecule has 2 aliphatic rings. The van der Waals surface area contributed by atoms with Crippen molar-refractivity contribution in [2.24, 2.45) is 0 Å². The van der Waals surface area contributed by atoms with E-state index in [0.717, 1.165) is 25.6 Å². The molecule has 0 saturated carbocycles. The highest BCUT2D eigenvalue weighted by Crippen LogP contribution is 2.39. The van der Waals surface area contributed by atoms with E-state index >= 15 is 0 Å². The number of anilines is 2. The number of benzene rings is 1. The summed E-state index contributed by atoms with van der Waals surface area (Å²) >= 11 is 0. The van der Waals surface area contributed by atoms with Crippen LogP contribution in [0, 0.1) is 5.82 Å². The molecule has 2 aromatic rings. The molecule has 3 N–H and O–H groups in total. The Morgan fingerprint density at radius 2 is 2.12 bits per heavy atom. The molecule has 11 heteroatoms. The Kier molecular flexibility index (Phi) is 3.35. The van der Waals surface area contributed by atoms with Gasteiger partial charge in [-0.3, -0.25) is 4.79 Å². The smallest absolute Gasteiger partial charge is 0.326 e. The number of rotatable bonds is 2. The summed E-state index contributed by atoms with van der Waals surface area (Å²) in [5, 5.41) is 17.6. The summed E-state index contributed by atoms with van der Waals surface area (Å²) in [4.78, 5) is 11.3. The van der Waals surface area contributed by atoms with Crippen molar-refractivity contribution in [2.45, 2.75) is 13.0 Å². The number of phenols is 1. The molecular weight excluding hydrogens is 353 g/mol. The molecule has 0 spiro atoms. The Balaban J connectivity index is 1.80. The largest absolute Gasteiger partial charge is 0.506 e. The molecule has 1 fully saturated rings. The van der Waals surface area contributed by atoms with Crippen LogP contribution in [0.5, 0.6) is 5.75 Å². The number of phenolic OH excluding ortho intramolecular Hbond substituents is 1. The van der Waals surface area contributed by atoms with Gasteiger partial charge in [-0.1, -0.05) is 0 Å². The molecule has 9 nitrogen and oxygen atoms in total. The molecule has 4 rings (SSSR count). The van der Waals surface area contributed by atoms with Crippen LogP contribution in [-0.2, 0) is 21.5 Å². The molecule has 1 aromatic carbocycles. The lowest BCUT2D eigenvalue weighted by molar-refractivity contribution is -0.117. The van der Waals surface area contributed by atoms with Crippen molar-refractivity contribution in [2.75, 3.05) is 22.7 Å². The SMILES string of the molecule is O=C1CN(c2c(O)cc(-c3cnn4c3NCCC4)cc2F)S(=O)(=O)N1. The fourth-order valence-electron chi connectivity index (χ4n) is 3.02. The molecule has 0 atom stereocenters. The Bertz CT molecular complexity index is 964. The van der Waals surface area contributed by atoms with Crippen molar-refractivity contribution < 1.29 is 22.7 Å². The van der Waals surface area contributed by atoms with Crippen LogP contribution in [0.2, 0.25) is 0 Å². The van der Waals surface area contributed by atoms with Crippen LogP contribution in [0.25, 0.3) is 11.1 Å². The number of nitrogens with zero attached hydrogens (tertiary/aromatic N) is 3. The van der Waals surface area contributed by atoms with Gasteiger partial charge in [0.05, 0.1) is 6.20 Å². The van der Waals surface area contributed by atoms with Crippen LogP contribution in [0.15, 0.2) is 18.3 Å². The molecule has 0 bridgehead atoms. The second kappa shape index (κ2) is 5.34. The molecule has 25 heavy (non-hydrogen) atoms. The lowest BCUT2D eigenvalue weighted by atomic mass is 10.1. The van der Waals surface area contributed by atoms with Gasteiger partial charge < -0.3 is 10.4 Å². The van der Waals surface area contributed by atoms with Crippen LogP contribution in [0.1, 0.15) is 6.42 Å². The van der Waals surface area contributed by atoms with Gasteiger partial charge in [-0.25, -0.2) is 18.1 Å². The molecule has 1 aromatic heterocycles. The van der Waals surface area contributed by atoms with Crippen LogP contribution in [0.4, 0.5) is 15.9 Å². The highest BCUT2D eigenvalue weighted by atomic mass is 32.2. The number of carbonyl (C=O) groups excluding carboxylic acids is 1. The number of carbonyl (C=O) groups is 1. The average Bonchev–Trinajstić information content (AvgIpc) is 3.07. The van der Waals surface area contributed by atoms with Crippen molar-refractivity contribution in [3.05, 3.63) is 24.1 Å². The summed E-state index contributed by atoms with van der Waals surface area (Å²) in [6, 6.07) is 2.37. The predicted octanol–water partition coefficient (Wildman–Crippen LogP) is 0.391. The van der Waals surface area contributed by atoms with Crippen LogP contribution < -0.4 is 14.3 Å². The summed E-state index contributed by atoms with van der Waals surface area (Å²) in [7, 11) is -4.21. The molecule has 0 unspecified atom stereocenters. The quantitative estimate of drug-likeness (QED) is 0.707. The van der Waals surface area contributed by atoms with E-state index < -0.39 is 39.9 Å². The fraction of sp³-hybridized carbons (Fsp3) is 0.286. The summed E-state index contributed by atoms with van der Waals surface area (Å²) in [6.45, 7) is 0.899. The first-order valence-corrected chi connectivity index (χ1v) is 8.97. The second-order valence-corrected chi connectivity index (χ2v) is 7.37. The Labute approximate surface area is 142 Å². The first-order chi connectivity index (χ1) is 11.9. The van der Waals surface area contributed by atoms with E-state index in [2.05, 4.69) is 10.4 Å². The van der Waals surface area contributed by atoms with Gasteiger partial charge in [-0.05, 0) is 24.1 Å².